The number of thiophene rings is 1. The molecular weight excluding hydrogens is 665 g/mol. The SMILES string of the molecule is c1ccc2c(c1)ccc1c2c2cc(-c3ccc(-c4cccc5c4sc4ccccc45)cc3)ccc2n1-c1nc2ccccc2c2nc3ccccc3n12. The van der Waals surface area contributed by atoms with Crippen LogP contribution < -0.4 is 0 Å². The fourth-order valence-electron chi connectivity index (χ4n) is 8.48. The molecule has 0 N–H and O–H groups in total. The van der Waals surface area contributed by atoms with Crippen LogP contribution in [0.3, 0.4) is 0 Å². The number of aromatic nitrogens is 4. The number of fused-ring (bicyclic) bond motifs is 13. The van der Waals surface area contributed by atoms with Crippen molar-refractivity contribution in [1.82, 2.24) is 18.9 Å². The van der Waals surface area contributed by atoms with Gasteiger partial charge in [-0.1, -0.05) is 121 Å². The molecular formula is C48H28N4S. The molecule has 0 atom stereocenters. The summed E-state index contributed by atoms with van der Waals surface area (Å²) in [6.07, 6.45) is 0. The van der Waals surface area contributed by atoms with E-state index in [-0.39, 0.29) is 0 Å². The van der Waals surface area contributed by atoms with Crippen molar-refractivity contribution < 1.29 is 0 Å². The molecule has 0 unspecified atom stereocenters. The first-order valence-corrected chi connectivity index (χ1v) is 18.7. The normalized spacial score (nSPS) is 12.2. The Kier molecular flexibility index (Phi) is 5.90. The summed E-state index contributed by atoms with van der Waals surface area (Å²) < 4.78 is 7.23. The van der Waals surface area contributed by atoms with Crippen molar-refractivity contribution in [3.05, 3.63) is 170 Å². The first kappa shape index (κ1) is 28.8. The lowest BCUT2D eigenvalue weighted by atomic mass is 9.97. The van der Waals surface area contributed by atoms with Crippen molar-refractivity contribution in [3.63, 3.8) is 0 Å². The molecule has 12 aromatic rings. The smallest absolute Gasteiger partial charge is 0.221 e. The van der Waals surface area contributed by atoms with E-state index >= 15 is 0 Å². The predicted octanol–water partition coefficient (Wildman–Crippen LogP) is 13.0. The second-order valence-corrected chi connectivity index (χ2v) is 14.8. The Balaban J connectivity index is 1.09. The van der Waals surface area contributed by atoms with Crippen LogP contribution in [-0.2, 0) is 0 Å². The summed E-state index contributed by atoms with van der Waals surface area (Å²) in [4.78, 5) is 10.5. The molecule has 0 saturated carbocycles. The van der Waals surface area contributed by atoms with Crippen LogP contribution >= 0.6 is 11.3 Å². The summed E-state index contributed by atoms with van der Waals surface area (Å²) in [5, 5.41) is 8.54. The van der Waals surface area contributed by atoms with Gasteiger partial charge in [-0.25, -0.2) is 9.97 Å². The van der Waals surface area contributed by atoms with Crippen molar-refractivity contribution in [2.24, 2.45) is 0 Å². The highest BCUT2D eigenvalue weighted by atomic mass is 32.1. The number of para-hydroxylation sites is 3. The Morgan fingerprint density at radius 1 is 0.434 bits per heavy atom. The first-order chi connectivity index (χ1) is 26.3. The molecule has 53 heavy (non-hydrogen) atoms. The summed E-state index contributed by atoms with van der Waals surface area (Å²) in [5.41, 5.74) is 10.9. The van der Waals surface area contributed by atoms with Crippen molar-refractivity contribution in [2.75, 3.05) is 0 Å². The van der Waals surface area contributed by atoms with Crippen molar-refractivity contribution >= 4 is 91.7 Å². The molecule has 0 radical (unpaired) electrons. The molecule has 0 saturated heterocycles. The zero-order valence-electron chi connectivity index (χ0n) is 28.4. The van der Waals surface area contributed by atoms with Crippen molar-refractivity contribution in [3.8, 4) is 28.2 Å². The topological polar surface area (TPSA) is 35.1 Å². The van der Waals surface area contributed by atoms with Gasteiger partial charge in [0.1, 0.15) is 5.65 Å². The third-order valence-electron chi connectivity index (χ3n) is 10.9. The van der Waals surface area contributed by atoms with Crippen LogP contribution in [0.4, 0.5) is 0 Å². The van der Waals surface area contributed by atoms with E-state index in [2.05, 4.69) is 179 Å². The van der Waals surface area contributed by atoms with E-state index in [0.29, 0.717) is 0 Å². The Bertz CT molecular complexity index is 3460. The van der Waals surface area contributed by atoms with E-state index in [1.165, 1.54) is 64.0 Å². The molecule has 12 rings (SSSR count). The van der Waals surface area contributed by atoms with E-state index in [9.17, 15) is 0 Å². The standard InChI is InChI=1S/C48H28N4S/c1-2-11-33-30(10-1)24-27-43-45(33)38-28-32(29-20-22-31(23-21-29)34-14-9-15-36-35-12-4-8-19-44(35)53-46(34)36)25-26-41(38)51(43)48-50-39-16-5-3-13-37(39)47-49-40-17-6-7-18-42(40)52(47)48/h1-28H. The molecule has 4 heterocycles. The largest absolute Gasteiger partial charge is 0.279 e. The molecule has 4 aromatic heterocycles. The fraction of sp³-hybridized carbons (Fsp3) is 0. The summed E-state index contributed by atoms with van der Waals surface area (Å²) >= 11 is 1.88. The van der Waals surface area contributed by atoms with Crippen LogP contribution in [0.5, 0.6) is 0 Å². The lowest BCUT2D eigenvalue weighted by Gasteiger charge is -2.13. The molecule has 0 fully saturated rings. The van der Waals surface area contributed by atoms with Crippen LogP contribution in [0.2, 0.25) is 0 Å². The summed E-state index contributed by atoms with van der Waals surface area (Å²) in [6.45, 7) is 0. The fourth-order valence-corrected chi connectivity index (χ4v) is 9.72. The van der Waals surface area contributed by atoms with Crippen molar-refractivity contribution in [1.29, 1.82) is 0 Å². The van der Waals surface area contributed by atoms with Gasteiger partial charge < -0.3 is 0 Å². The molecule has 5 heteroatoms. The van der Waals surface area contributed by atoms with Gasteiger partial charge >= 0.3 is 0 Å². The van der Waals surface area contributed by atoms with Crippen LogP contribution in [0.15, 0.2) is 170 Å². The zero-order chi connectivity index (χ0) is 34.6. The van der Waals surface area contributed by atoms with E-state index in [0.717, 1.165) is 44.6 Å². The highest BCUT2D eigenvalue weighted by molar-refractivity contribution is 7.26. The quantitative estimate of drug-likeness (QED) is 0.185. The average molecular weight is 693 g/mol. The van der Waals surface area contributed by atoms with Crippen LogP contribution in [0.1, 0.15) is 0 Å². The van der Waals surface area contributed by atoms with Gasteiger partial charge in [0, 0.05) is 36.3 Å². The number of rotatable bonds is 3. The summed E-state index contributed by atoms with van der Waals surface area (Å²) in [6, 6.07) is 61.2. The first-order valence-electron chi connectivity index (χ1n) is 17.9. The second-order valence-electron chi connectivity index (χ2n) is 13.8. The highest BCUT2D eigenvalue weighted by Gasteiger charge is 2.21. The lowest BCUT2D eigenvalue weighted by Crippen LogP contribution is -2.06. The predicted molar refractivity (Wildman–Crippen MR) is 224 cm³/mol. The Morgan fingerprint density at radius 3 is 2.04 bits per heavy atom. The van der Waals surface area contributed by atoms with Crippen molar-refractivity contribution in [2.45, 2.75) is 0 Å². The van der Waals surface area contributed by atoms with Crippen LogP contribution in [-0.4, -0.2) is 18.9 Å². The molecule has 0 bridgehead atoms. The van der Waals surface area contributed by atoms with Gasteiger partial charge in [-0.15, -0.1) is 11.3 Å². The molecule has 8 aromatic carbocycles. The number of benzene rings is 8. The number of hydrogen-bond donors (Lipinski definition) is 0. The molecule has 0 spiro atoms. The van der Waals surface area contributed by atoms with E-state index in [1.54, 1.807) is 0 Å². The van der Waals surface area contributed by atoms with Gasteiger partial charge in [0.15, 0.2) is 0 Å². The maximum absolute atomic E-state index is 5.39. The maximum Gasteiger partial charge on any atom is 0.221 e. The maximum atomic E-state index is 5.39. The summed E-state index contributed by atoms with van der Waals surface area (Å²) in [5.74, 6) is 0.829. The van der Waals surface area contributed by atoms with E-state index < -0.39 is 0 Å². The minimum absolute atomic E-state index is 0.829. The molecule has 246 valence electrons. The van der Waals surface area contributed by atoms with Crippen LogP contribution in [0, 0.1) is 0 Å². The highest BCUT2D eigenvalue weighted by Crippen LogP contribution is 2.42. The zero-order valence-corrected chi connectivity index (χ0v) is 29.2. The van der Waals surface area contributed by atoms with Gasteiger partial charge in [0.25, 0.3) is 0 Å². The monoisotopic (exact) mass is 692 g/mol. The Morgan fingerprint density at radius 2 is 1.13 bits per heavy atom. The van der Waals surface area contributed by atoms with Gasteiger partial charge in [0.2, 0.25) is 5.95 Å². The summed E-state index contributed by atoms with van der Waals surface area (Å²) in [7, 11) is 0. The minimum atomic E-state index is 0.829. The van der Waals surface area contributed by atoms with Gasteiger partial charge in [-0.2, -0.15) is 0 Å². The number of hydrogen-bond acceptors (Lipinski definition) is 3. The molecule has 0 aliphatic heterocycles. The van der Waals surface area contributed by atoms with Gasteiger partial charge in [-0.05, 0) is 81.6 Å². The number of nitrogens with zero attached hydrogens (tertiary/aromatic N) is 4. The third-order valence-corrected chi connectivity index (χ3v) is 12.1. The van der Waals surface area contributed by atoms with E-state index in [4.69, 9.17) is 9.97 Å². The molecule has 0 aliphatic carbocycles. The molecule has 0 amide bonds. The third kappa shape index (κ3) is 4.11. The van der Waals surface area contributed by atoms with E-state index in [1.807, 2.05) is 11.3 Å². The van der Waals surface area contributed by atoms with Gasteiger partial charge in [-0.3, -0.25) is 8.97 Å². The Labute approximate surface area is 307 Å². The van der Waals surface area contributed by atoms with Crippen LogP contribution in [0.25, 0.3) is 109 Å². The molecule has 0 aliphatic rings. The minimum Gasteiger partial charge on any atom is -0.279 e. The van der Waals surface area contributed by atoms with Gasteiger partial charge in [0.05, 0.1) is 27.6 Å². The average Bonchev–Trinajstić information content (AvgIpc) is 3.91. The second kappa shape index (κ2) is 10.8. The molecule has 4 nitrogen and oxygen atoms in total. The Hall–Kier alpha value is -6.82. The number of imidazole rings is 1. The lowest BCUT2D eigenvalue weighted by molar-refractivity contribution is 0.980.